The highest BCUT2D eigenvalue weighted by atomic mass is 16.6. The lowest BCUT2D eigenvalue weighted by Gasteiger charge is -2.15. The SMILES string of the molecule is O=C(NC1CCCNCC1)c1cccc([N+](=O)[O-])c1. The van der Waals surface area contributed by atoms with E-state index in [4.69, 9.17) is 0 Å². The lowest BCUT2D eigenvalue weighted by molar-refractivity contribution is -0.384. The number of rotatable bonds is 3. The van der Waals surface area contributed by atoms with Crippen LogP contribution in [-0.4, -0.2) is 30.0 Å². The molecule has 6 nitrogen and oxygen atoms in total. The topological polar surface area (TPSA) is 84.3 Å². The van der Waals surface area contributed by atoms with Gasteiger partial charge in [-0.25, -0.2) is 0 Å². The Labute approximate surface area is 111 Å². The molecule has 1 amide bonds. The van der Waals surface area contributed by atoms with Crippen LogP contribution in [0.25, 0.3) is 0 Å². The summed E-state index contributed by atoms with van der Waals surface area (Å²) in [7, 11) is 0. The first kappa shape index (κ1) is 13.5. The van der Waals surface area contributed by atoms with E-state index in [0.29, 0.717) is 5.56 Å². The van der Waals surface area contributed by atoms with Gasteiger partial charge in [-0.3, -0.25) is 14.9 Å². The maximum absolute atomic E-state index is 12.0. The maximum Gasteiger partial charge on any atom is 0.270 e. The van der Waals surface area contributed by atoms with Gasteiger partial charge in [-0.15, -0.1) is 0 Å². The molecule has 102 valence electrons. The molecule has 1 aromatic rings. The highest BCUT2D eigenvalue weighted by Gasteiger charge is 2.17. The number of nitro benzene ring substituents is 1. The average molecular weight is 263 g/mol. The van der Waals surface area contributed by atoms with E-state index in [-0.39, 0.29) is 17.6 Å². The highest BCUT2D eigenvalue weighted by molar-refractivity contribution is 5.94. The molecule has 1 fully saturated rings. The second-order valence-corrected chi connectivity index (χ2v) is 4.66. The molecular formula is C13H17N3O3. The van der Waals surface area contributed by atoms with Crippen LogP contribution in [0.1, 0.15) is 29.6 Å². The Bertz CT molecular complexity index is 468. The summed E-state index contributed by atoms with van der Waals surface area (Å²) in [6, 6.07) is 5.96. The predicted octanol–water partition coefficient (Wildman–Crippen LogP) is 1.47. The van der Waals surface area contributed by atoms with E-state index in [1.165, 1.54) is 18.2 Å². The fraction of sp³-hybridized carbons (Fsp3) is 0.462. The molecule has 1 aliphatic heterocycles. The fourth-order valence-corrected chi connectivity index (χ4v) is 2.19. The minimum atomic E-state index is -0.494. The number of hydrogen-bond acceptors (Lipinski definition) is 4. The van der Waals surface area contributed by atoms with Crippen molar-refractivity contribution in [3.63, 3.8) is 0 Å². The quantitative estimate of drug-likeness (QED) is 0.639. The van der Waals surface area contributed by atoms with Gasteiger partial charge in [-0.2, -0.15) is 0 Å². The Morgan fingerprint density at radius 2 is 2.21 bits per heavy atom. The summed E-state index contributed by atoms with van der Waals surface area (Å²) < 4.78 is 0. The highest BCUT2D eigenvalue weighted by Crippen LogP contribution is 2.14. The molecule has 0 aromatic heterocycles. The lowest BCUT2D eigenvalue weighted by atomic mass is 10.1. The molecule has 1 unspecified atom stereocenters. The molecule has 0 saturated carbocycles. The van der Waals surface area contributed by atoms with Crippen LogP contribution in [0.3, 0.4) is 0 Å². The molecule has 1 aliphatic rings. The summed E-state index contributed by atoms with van der Waals surface area (Å²) >= 11 is 0. The molecule has 0 spiro atoms. The molecule has 2 rings (SSSR count). The van der Waals surface area contributed by atoms with Gasteiger partial charge in [-0.05, 0) is 38.4 Å². The summed E-state index contributed by atoms with van der Waals surface area (Å²) in [5.74, 6) is -0.240. The Morgan fingerprint density at radius 3 is 3.00 bits per heavy atom. The van der Waals surface area contributed by atoms with Gasteiger partial charge >= 0.3 is 0 Å². The maximum atomic E-state index is 12.0. The van der Waals surface area contributed by atoms with Gasteiger partial charge < -0.3 is 10.6 Å². The van der Waals surface area contributed by atoms with Gasteiger partial charge in [0.05, 0.1) is 4.92 Å². The summed E-state index contributed by atoms with van der Waals surface area (Å²) in [5, 5.41) is 16.9. The molecule has 1 atom stereocenters. The van der Waals surface area contributed by atoms with Gasteiger partial charge in [0, 0.05) is 23.7 Å². The molecule has 1 saturated heterocycles. The van der Waals surface area contributed by atoms with E-state index < -0.39 is 4.92 Å². The number of carbonyl (C=O) groups is 1. The largest absolute Gasteiger partial charge is 0.349 e. The van der Waals surface area contributed by atoms with Crippen molar-refractivity contribution in [2.75, 3.05) is 13.1 Å². The standard InChI is InChI=1S/C13H17N3O3/c17-13(15-11-4-2-7-14-8-6-11)10-3-1-5-12(9-10)16(18)19/h1,3,5,9,11,14H,2,4,6-8H2,(H,15,17). The van der Waals surface area contributed by atoms with Crippen molar-refractivity contribution in [1.82, 2.24) is 10.6 Å². The molecule has 1 aromatic carbocycles. The first-order valence-corrected chi connectivity index (χ1v) is 6.43. The molecule has 0 radical (unpaired) electrons. The first-order valence-electron chi connectivity index (χ1n) is 6.43. The number of hydrogen-bond donors (Lipinski definition) is 2. The Morgan fingerprint density at radius 1 is 1.37 bits per heavy atom. The van der Waals surface area contributed by atoms with Crippen LogP contribution in [0.4, 0.5) is 5.69 Å². The monoisotopic (exact) mass is 263 g/mol. The van der Waals surface area contributed by atoms with Crippen molar-refractivity contribution < 1.29 is 9.72 Å². The van der Waals surface area contributed by atoms with Gasteiger partial charge in [0.15, 0.2) is 0 Å². The number of carbonyl (C=O) groups excluding carboxylic acids is 1. The van der Waals surface area contributed by atoms with Gasteiger partial charge in [-0.1, -0.05) is 6.07 Å². The van der Waals surface area contributed by atoms with E-state index in [0.717, 1.165) is 32.4 Å². The Balaban J connectivity index is 2.02. The van der Waals surface area contributed by atoms with Crippen molar-refractivity contribution in [3.05, 3.63) is 39.9 Å². The zero-order chi connectivity index (χ0) is 13.7. The van der Waals surface area contributed by atoms with E-state index >= 15 is 0 Å². The van der Waals surface area contributed by atoms with Crippen LogP contribution in [0.2, 0.25) is 0 Å². The number of non-ortho nitro benzene ring substituents is 1. The molecule has 0 bridgehead atoms. The fourth-order valence-electron chi connectivity index (χ4n) is 2.19. The third-order valence-corrected chi connectivity index (χ3v) is 3.23. The van der Waals surface area contributed by atoms with Crippen molar-refractivity contribution in [3.8, 4) is 0 Å². The second-order valence-electron chi connectivity index (χ2n) is 4.66. The van der Waals surface area contributed by atoms with Gasteiger partial charge in [0.2, 0.25) is 0 Å². The van der Waals surface area contributed by atoms with E-state index in [2.05, 4.69) is 10.6 Å². The second kappa shape index (κ2) is 6.29. The molecule has 6 heteroatoms. The minimum absolute atomic E-state index is 0.0600. The number of nitrogens with one attached hydrogen (secondary N) is 2. The zero-order valence-electron chi connectivity index (χ0n) is 10.6. The summed E-state index contributed by atoms with van der Waals surface area (Å²) in [4.78, 5) is 22.2. The molecule has 19 heavy (non-hydrogen) atoms. The normalized spacial score (nSPS) is 19.5. The molecule has 0 aliphatic carbocycles. The Kier molecular flexibility index (Phi) is 4.46. The van der Waals surface area contributed by atoms with E-state index in [9.17, 15) is 14.9 Å². The number of nitro groups is 1. The van der Waals surface area contributed by atoms with E-state index in [1.54, 1.807) is 6.07 Å². The summed E-state index contributed by atoms with van der Waals surface area (Å²) in [6.45, 7) is 1.86. The van der Waals surface area contributed by atoms with Gasteiger partial charge in [0.1, 0.15) is 0 Å². The van der Waals surface area contributed by atoms with Crippen molar-refractivity contribution >= 4 is 11.6 Å². The zero-order valence-corrected chi connectivity index (χ0v) is 10.6. The Hall–Kier alpha value is -1.95. The summed E-state index contributed by atoms with van der Waals surface area (Å²) in [5.41, 5.74) is 0.279. The molecule has 2 N–H and O–H groups in total. The van der Waals surface area contributed by atoms with Crippen LogP contribution in [0, 0.1) is 10.1 Å². The first-order chi connectivity index (χ1) is 9.16. The van der Waals surface area contributed by atoms with Crippen molar-refractivity contribution in [2.45, 2.75) is 25.3 Å². The average Bonchev–Trinajstić information content (AvgIpc) is 2.67. The molecule has 1 heterocycles. The van der Waals surface area contributed by atoms with Crippen molar-refractivity contribution in [1.29, 1.82) is 0 Å². The van der Waals surface area contributed by atoms with Crippen LogP contribution in [-0.2, 0) is 0 Å². The minimum Gasteiger partial charge on any atom is -0.349 e. The van der Waals surface area contributed by atoms with Crippen LogP contribution in [0.15, 0.2) is 24.3 Å². The molecular weight excluding hydrogens is 246 g/mol. The number of benzene rings is 1. The summed E-state index contributed by atoms with van der Waals surface area (Å²) in [6.07, 6.45) is 2.86. The number of nitrogens with zero attached hydrogens (tertiary/aromatic N) is 1. The van der Waals surface area contributed by atoms with Crippen LogP contribution >= 0.6 is 0 Å². The van der Waals surface area contributed by atoms with Crippen LogP contribution in [0.5, 0.6) is 0 Å². The number of amides is 1. The third kappa shape index (κ3) is 3.75. The third-order valence-electron chi connectivity index (χ3n) is 3.23. The lowest BCUT2D eigenvalue weighted by Crippen LogP contribution is -2.35. The van der Waals surface area contributed by atoms with Crippen molar-refractivity contribution in [2.24, 2.45) is 0 Å². The van der Waals surface area contributed by atoms with Crippen LogP contribution < -0.4 is 10.6 Å². The van der Waals surface area contributed by atoms with Gasteiger partial charge in [0.25, 0.3) is 11.6 Å². The smallest absolute Gasteiger partial charge is 0.270 e. The predicted molar refractivity (Wildman–Crippen MR) is 71.1 cm³/mol. The van der Waals surface area contributed by atoms with E-state index in [1.807, 2.05) is 0 Å².